The van der Waals surface area contributed by atoms with Crippen LogP contribution in [0.2, 0.25) is 0 Å². The van der Waals surface area contributed by atoms with Crippen molar-refractivity contribution in [2.75, 3.05) is 13.1 Å². The Morgan fingerprint density at radius 3 is 2.70 bits per heavy atom. The zero-order valence-corrected chi connectivity index (χ0v) is 18.7. The summed E-state index contributed by atoms with van der Waals surface area (Å²) in [5.74, 6) is -0.375. The maximum absolute atomic E-state index is 14.4. The van der Waals surface area contributed by atoms with E-state index in [0.717, 1.165) is 18.4 Å². The number of piperidine rings is 1. The second-order valence-electron chi connectivity index (χ2n) is 8.70. The minimum absolute atomic E-state index is 0.132. The SMILES string of the molecule is CC(C)(C)OC(=O)ON1CCC(n2cc(COc3ccc(-n4cnnn4)cc3F)cn2)CC1. The van der Waals surface area contributed by atoms with Gasteiger partial charge in [0.25, 0.3) is 0 Å². The molecule has 0 bridgehead atoms. The molecule has 0 N–H and O–H groups in total. The van der Waals surface area contributed by atoms with Crippen LogP contribution < -0.4 is 4.74 Å². The van der Waals surface area contributed by atoms with Crippen molar-refractivity contribution < 1.29 is 23.5 Å². The molecule has 0 amide bonds. The van der Waals surface area contributed by atoms with Crippen molar-refractivity contribution in [1.82, 2.24) is 35.1 Å². The number of nitrogens with zero attached hydrogens (tertiary/aromatic N) is 7. The summed E-state index contributed by atoms with van der Waals surface area (Å²) in [7, 11) is 0. The first-order valence-corrected chi connectivity index (χ1v) is 10.6. The fourth-order valence-corrected chi connectivity index (χ4v) is 3.41. The Balaban J connectivity index is 1.26. The average molecular weight is 459 g/mol. The zero-order chi connectivity index (χ0) is 23.4. The molecule has 0 spiro atoms. The Morgan fingerprint density at radius 2 is 2.03 bits per heavy atom. The molecule has 0 saturated carbocycles. The lowest BCUT2D eigenvalue weighted by Gasteiger charge is -2.31. The molecule has 1 aliphatic rings. The number of hydrogen-bond acceptors (Lipinski definition) is 9. The van der Waals surface area contributed by atoms with Crippen molar-refractivity contribution in [1.29, 1.82) is 0 Å². The molecule has 12 heteroatoms. The smallest absolute Gasteiger partial charge is 0.486 e. The molecule has 0 unspecified atom stereocenters. The highest BCUT2D eigenvalue weighted by atomic mass is 19.1. The van der Waals surface area contributed by atoms with Gasteiger partial charge < -0.3 is 14.3 Å². The molecule has 11 nitrogen and oxygen atoms in total. The van der Waals surface area contributed by atoms with Crippen LogP contribution in [0.1, 0.15) is 45.2 Å². The van der Waals surface area contributed by atoms with E-state index in [-0.39, 0.29) is 18.4 Å². The lowest BCUT2D eigenvalue weighted by Crippen LogP contribution is -2.38. The highest BCUT2D eigenvalue weighted by Crippen LogP contribution is 2.24. The second-order valence-corrected chi connectivity index (χ2v) is 8.70. The second kappa shape index (κ2) is 9.53. The summed E-state index contributed by atoms with van der Waals surface area (Å²) in [6.45, 7) is 6.71. The van der Waals surface area contributed by atoms with E-state index in [1.54, 1.807) is 38.1 Å². The number of halogens is 1. The Morgan fingerprint density at radius 1 is 1.24 bits per heavy atom. The Labute approximate surface area is 190 Å². The molecular formula is C21H26FN7O4. The summed E-state index contributed by atoms with van der Waals surface area (Å²) < 4.78 is 28.4. The van der Waals surface area contributed by atoms with Crippen molar-refractivity contribution in [2.24, 2.45) is 0 Å². The highest BCUT2D eigenvalue weighted by molar-refractivity contribution is 5.60. The third-order valence-electron chi connectivity index (χ3n) is 4.97. The first kappa shape index (κ1) is 22.6. The number of tetrazole rings is 1. The monoisotopic (exact) mass is 459 g/mol. The standard InChI is InChI=1S/C21H26FN7O4/c1-21(2,3)32-20(30)33-27-8-6-16(7-9-27)28-12-15(11-24-28)13-31-19-5-4-17(10-18(19)22)29-14-23-25-26-29/h4-5,10-12,14,16H,6-9,13H2,1-3H3. The molecule has 3 aromatic rings. The van der Waals surface area contributed by atoms with Crippen LogP contribution in [-0.2, 0) is 16.2 Å². The summed E-state index contributed by atoms with van der Waals surface area (Å²) in [5.41, 5.74) is 0.730. The number of benzene rings is 1. The third-order valence-corrected chi connectivity index (χ3v) is 4.97. The summed E-state index contributed by atoms with van der Waals surface area (Å²) in [6, 6.07) is 4.69. The Kier molecular flexibility index (Phi) is 6.54. The molecule has 3 heterocycles. The molecule has 0 aliphatic carbocycles. The first-order chi connectivity index (χ1) is 15.8. The van der Waals surface area contributed by atoms with Crippen molar-refractivity contribution in [2.45, 2.75) is 51.9 Å². The maximum Gasteiger partial charge on any atom is 0.528 e. The van der Waals surface area contributed by atoms with Gasteiger partial charge in [0, 0.05) is 30.9 Å². The zero-order valence-electron chi connectivity index (χ0n) is 18.7. The normalized spacial score (nSPS) is 15.4. The number of carbonyl (C=O) groups excluding carboxylic acids is 1. The number of rotatable bonds is 6. The molecule has 0 radical (unpaired) electrons. The van der Waals surface area contributed by atoms with Crippen molar-refractivity contribution >= 4 is 6.16 Å². The van der Waals surface area contributed by atoms with E-state index < -0.39 is 17.6 Å². The molecule has 33 heavy (non-hydrogen) atoms. The molecule has 1 fully saturated rings. The number of carbonyl (C=O) groups is 1. The third kappa shape index (κ3) is 6.04. The van der Waals surface area contributed by atoms with Crippen LogP contribution in [0.15, 0.2) is 36.9 Å². The minimum Gasteiger partial charge on any atom is -0.486 e. The van der Waals surface area contributed by atoms with Crippen LogP contribution in [0.25, 0.3) is 5.69 Å². The lowest BCUT2D eigenvalue weighted by molar-refractivity contribution is -0.154. The number of aromatic nitrogens is 6. The van der Waals surface area contributed by atoms with E-state index in [2.05, 4.69) is 20.6 Å². The first-order valence-electron chi connectivity index (χ1n) is 10.6. The molecule has 0 atom stereocenters. The quantitative estimate of drug-likeness (QED) is 0.514. The summed E-state index contributed by atoms with van der Waals surface area (Å²) in [5, 5.41) is 16.8. The van der Waals surface area contributed by atoms with Crippen molar-refractivity contribution in [3.63, 3.8) is 0 Å². The number of hydroxylamine groups is 2. The van der Waals surface area contributed by atoms with Crippen LogP contribution in [0.4, 0.5) is 9.18 Å². The van der Waals surface area contributed by atoms with Crippen LogP contribution in [0.5, 0.6) is 5.75 Å². The lowest BCUT2D eigenvalue weighted by atomic mass is 10.1. The molecule has 1 aromatic carbocycles. The van der Waals surface area contributed by atoms with Crippen LogP contribution in [-0.4, -0.2) is 59.9 Å². The van der Waals surface area contributed by atoms with E-state index in [1.807, 2.05) is 10.9 Å². The highest BCUT2D eigenvalue weighted by Gasteiger charge is 2.26. The predicted molar refractivity (Wildman–Crippen MR) is 113 cm³/mol. The Bertz CT molecular complexity index is 1070. The van der Waals surface area contributed by atoms with Gasteiger partial charge in [-0.2, -0.15) is 5.10 Å². The van der Waals surface area contributed by atoms with Gasteiger partial charge in [0.15, 0.2) is 11.6 Å². The van der Waals surface area contributed by atoms with Gasteiger partial charge in [0.2, 0.25) is 0 Å². The van der Waals surface area contributed by atoms with Crippen molar-refractivity contribution in [3.8, 4) is 11.4 Å². The van der Waals surface area contributed by atoms with E-state index in [4.69, 9.17) is 14.3 Å². The van der Waals surface area contributed by atoms with E-state index >= 15 is 0 Å². The van der Waals surface area contributed by atoms with Gasteiger partial charge in [-0.15, -0.1) is 10.2 Å². The van der Waals surface area contributed by atoms with E-state index in [1.165, 1.54) is 23.1 Å². The fourth-order valence-electron chi connectivity index (χ4n) is 3.41. The molecule has 176 valence electrons. The van der Waals surface area contributed by atoms with E-state index in [0.29, 0.717) is 18.8 Å². The van der Waals surface area contributed by atoms with Gasteiger partial charge in [0.1, 0.15) is 18.5 Å². The van der Waals surface area contributed by atoms with Gasteiger partial charge in [0.05, 0.1) is 17.9 Å². The number of ether oxygens (including phenoxy) is 2. The molecule has 1 aliphatic heterocycles. The van der Waals surface area contributed by atoms with Crippen LogP contribution >= 0.6 is 0 Å². The predicted octanol–water partition coefficient (Wildman–Crippen LogP) is 3.08. The van der Waals surface area contributed by atoms with Crippen LogP contribution in [0, 0.1) is 5.82 Å². The summed E-state index contributed by atoms with van der Waals surface area (Å²) >= 11 is 0. The maximum atomic E-state index is 14.4. The summed E-state index contributed by atoms with van der Waals surface area (Å²) in [6.07, 6.45) is 5.81. The van der Waals surface area contributed by atoms with Gasteiger partial charge >= 0.3 is 6.16 Å². The molecule has 1 saturated heterocycles. The van der Waals surface area contributed by atoms with Crippen molar-refractivity contribution in [3.05, 3.63) is 48.3 Å². The van der Waals surface area contributed by atoms with Crippen LogP contribution in [0.3, 0.4) is 0 Å². The molecule has 2 aromatic heterocycles. The van der Waals surface area contributed by atoms with Gasteiger partial charge in [-0.05, 0) is 56.2 Å². The summed E-state index contributed by atoms with van der Waals surface area (Å²) in [4.78, 5) is 17.1. The molecular weight excluding hydrogens is 433 g/mol. The van der Waals surface area contributed by atoms with Gasteiger partial charge in [-0.3, -0.25) is 4.68 Å². The fraction of sp³-hybridized carbons (Fsp3) is 0.476. The average Bonchev–Trinajstić information content (AvgIpc) is 3.44. The molecule has 4 rings (SSSR count). The number of hydrogen-bond donors (Lipinski definition) is 0. The van der Waals surface area contributed by atoms with E-state index in [9.17, 15) is 9.18 Å². The topological polar surface area (TPSA) is 109 Å². The van der Waals surface area contributed by atoms with Gasteiger partial charge in [-0.25, -0.2) is 13.9 Å². The minimum atomic E-state index is -0.697. The van der Waals surface area contributed by atoms with Gasteiger partial charge in [-0.1, -0.05) is 0 Å². The Hall–Kier alpha value is -3.54. The largest absolute Gasteiger partial charge is 0.528 e.